The molecule has 0 amide bonds. The van der Waals surface area contributed by atoms with E-state index in [1.54, 1.807) is 0 Å². The predicted octanol–water partition coefficient (Wildman–Crippen LogP) is 4.27. The summed E-state index contributed by atoms with van der Waals surface area (Å²) in [5.41, 5.74) is 2.35. The highest BCUT2D eigenvalue weighted by Gasteiger charge is 2.29. The van der Waals surface area contributed by atoms with Crippen LogP contribution in [0.5, 0.6) is 0 Å². The second-order valence-electron chi connectivity index (χ2n) is 5.08. The lowest BCUT2D eigenvalue weighted by Crippen LogP contribution is -2.07. The molecule has 0 bridgehead atoms. The van der Waals surface area contributed by atoms with Crippen LogP contribution >= 0.6 is 15.9 Å². The van der Waals surface area contributed by atoms with Crippen LogP contribution in [0.4, 0.5) is 4.39 Å². The smallest absolute Gasteiger partial charge is 0.336 e. The largest absolute Gasteiger partial charge is 0.478 e. The molecule has 1 heterocycles. The van der Waals surface area contributed by atoms with Crippen molar-refractivity contribution in [3.63, 3.8) is 0 Å². The molecule has 0 spiro atoms. The molecule has 0 aliphatic heterocycles. The van der Waals surface area contributed by atoms with Gasteiger partial charge in [0.1, 0.15) is 5.82 Å². The summed E-state index contributed by atoms with van der Waals surface area (Å²) in [6, 6.07) is 2.82. The molecule has 104 valence electrons. The molecule has 0 saturated carbocycles. The number of aromatic carboxylic acids is 1. The molecule has 1 unspecified atom stereocenters. The maximum atomic E-state index is 13.7. The van der Waals surface area contributed by atoms with E-state index in [4.69, 9.17) is 0 Å². The van der Waals surface area contributed by atoms with E-state index in [0.717, 1.165) is 30.5 Å². The van der Waals surface area contributed by atoms with Crippen molar-refractivity contribution in [2.75, 3.05) is 0 Å². The Kier molecular flexibility index (Phi) is 3.24. The Hall–Kier alpha value is -1.49. The van der Waals surface area contributed by atoms with Gasteiger partial charge in [-0.3, -0.25) is 4.98 Å². The number of rotatable bonds is 2. The molecule has 1 aromatic heterocycles. The van der Waals surface area contributed by atoms with Crippen molar-refractivity contribution in [1.82, 2.24) is 4.98 Å². The zero-order valence-corrected chi connectivity index (χ0v) is 12.5. The summed E-state index contributed by atoms with van der Waals surface area (Å²) in [7, 11) is 0. The lowest BCUT2D eigenvalue weighted by Gasteiger charge is -2.12. The van der Waals surface area contributed by atoms with Gasteiger partial charge in [0, 0.05) is 23.1 Å². The number of carboxylic acids is 1. The monoisotopic (exact) mass is 337 g/mol. The molecule has 1 N–H and O–H groups in total. The van der Waals surface area contributed by atoms with Gasteiger partial charge < -0.3 is 5.11 Å². The van der Waals surface area contributed by atoms with Crippen molar-refractivity contribution < 1.29 is 14.3 Å². The Morgan fingerprint density at radius 2 is 2.30 bits per heavy atom. The molecule has 0 fully saturated rings. The van der Waals surface area contributed by atoms with Crippen molar-refractivity contribution in [2.45, 2.75) is 32.1 Å². The van der Waals surface area contributed by atoms with Crippen molar-refractivity contribution in [1.29, 1.82) is 0 Å². The maximum Gasteiger partial charge on any atom is 0.336 e. The molecule has 1 aromatic carbocycles. The molecule has 0 radical (unpaired) electrons. The SMILES string of the molecule is CCC1CCc2c1nc1cc(F)c(Br)cc1c2C(=O)O. The Morgan fingerprint density at radius 1 is 1.55 bits per heavy atom. The number of carboxylic acid groups (broad SMARTS) is 1. The molecule has 3 rings (SSSR count). The van der Waals surface area contributed by atoms with Crippen LogP contribution in [-0.4, -0.2) is 16.1 Å². The third kappa shape index (κ3) is 1.92. The van der Waals surface area contributed by atoms with Crippen molar-refractivity contribution in [3.8, 4) is 0 Å². The van der Waals surface area contributed by atoms with E-state index in [1.165, 1.54) is 12.1 Å². The minimum atomic E-state index is -0.969. The van der Waals surface area contributed by atoms with Gasteiger partial charge in [0.05, 0.1) is 15.6 Å². The van der Waals surface area contributed by atoms with E-state index >= 15 is 0 Å². The average Bonchev–Trinajstić information content (AvgIpc) is 2.79. The van der Waals surface area contributed by atoms with Gasteiger partial charge in [0.15, 0.2) is 0 Å². The summed E-state index contributed by atoms with van der Waals surface area (Å²) in [5.74, 6) is -1.12. The fourth-order valence-corrected chi connectivity index (χ4v) is 3.35. The van der Waals surface area contributed by atoms with Crippen LogP contribution in [0.3, 0.4) is 0 Å². The summed E-state index contributed by atoms with van der Waals surface area (Å²) >= 11 is 3.11. The Bertz CT molecular complexity index is 730. The van der Waals surface area contributed by atoms with Gasteiger partial charge in [-0.05, 0) is 46.8 Å². The van der Waals surface area contributed by atoms with Crippen LogP contribution < -0.4 is 0 Å². The fraction of sp³-hybridized carbons (Fsp3) is 0.333. The van der Waals surface area contributed by atoms with E-state index in [2.05, 4.69) is 27.8 Å². The van der Waals surface area contributed by atoms with Crippen LogP contribution in [0.1, 0.15) is 47.3 Å². The van der Waals surface area contributed by atoms with E-state index in [-0.39, 0.29) is 16.0 Å². The van der Waals surface area contributed by atoms with Gasteiger partial charge >= 0.3 is 5.97 Å². The molecule has 20 heavy (non-hydrogen) atoms. The summed E-state index contributed by atoms with van der Waals surface area (Å²) in [6.07, 6.45) is 2.57. The lowest BCUT2D eigenvalue weighted by molar-refractivity contribution is 0.0698. The first-order chi connectivity index (χ1) is 9.52. The number of aromatic nitrogens is 1. The molecule has 1 aliphatic rings. The zero-order valence-electron chi connectivity index (χ0n) is 10.9. The van der Waals surface area contributed by atoms with E-state index in [9.17, 15) is 14.3 Å². The number of halogens is 2. The van der Waals surface area contributed by atoms with Crippen LogP contribution in [-0.2, 0) is 6.42 Å². The molecule has 5 heteroatoms. The Labute approximate surface area is 124 Å². The lowest BCUT2D eigenvalue weighted by atomic mass is 9.99. The summed E-state index contributed by atoms with van der Waals surface area (Å²) in [5, 5.41) is 10.0. The van der Waals surface area contributed by atoms with Gasteiger partial charge in [0.2, 0.25) is 0 Å². The van der Waals surface area contributed by atoms with Crippen molar-refractivity contribution in [2.24, 2.45) is 0 Å². The van der Waals surface area contributed by atoms with Crippen LogP contribution in [0.15, 0.2) is 16.6 Å². The third-order valence-electron chi connectivity index (χ3n) is 4.00. The fourth-order valence-electron chi connectivity index (χ4n) is 3.00. The highest BCUT2D eigenvalue weighted by Crippen LogP contribution is 2.39. The number of carbonyl (C=O) groups is 1. The number of fused-ring (bicyclic) bond motifs is 2. The van der Waals surface area contributed by atoms with Gasteiger partial charge in [-0.1, -0.05) is 6.92 Å². The predicted molar refractivity (Wildman–Crippen MR) is 77.7 cm³/mol. The number of nitrogens with zero attached hydrogens (tertiary/aromatic N) is 1. The maximum absolute atomic E-state index is 13.7. The molecule has 0 saturated heterocycles. The first-order valence-corrected chi connectivity index (χ1v) is 7.37. The minimum Gasteiger partial charge on any atom is -0.478 e. The van der Waals surface area contributed by atoms with E-state index in [1.807, 2.05) is 0 Å². The number of pyridine rings is 1. The minimum absolute atomic E-state index is 0.263. The molecule has 2 aromatic rings. The highest BCUT2D eigenvalue weighted by atomic mass is 79.9. The van der Waals surface area contributed by atoms with Crippen molar-refractivity contribution in [3.05, 3.63) is 39.2 Å². The number of hydrogen-bond acceptors (Lipinski definition) is 2. The topological polar surface area (TPSA) is 50.2 Å². The second-order valence-corrected chi connectivity index (χ2v) is 5.94. The van der Waals surface area contributed by atoms with E-state index in [0.29, 0.717) is 10.9 Å². The zero-order chi connectivity index (χ0) is 14.4. The third-order valence-corrected chi connectivity index (χ3v) is 4.60. The summed E-state index contributed by atoms with van der Waals surface area (Å²) in [6.45, 7) is 2.06. The van der Waals surface area contributed by atoms with Crippen LogP contribution in [0.2, 0.25) is 0 Å². The van der Waals surface area contributed by atoms with Crippen LogP contribution in [0.25, 0.3) is 10.9 Å². The molecule has 1 atom stereocenters. The molecule has 3 nitrogen and oxygen atoms in total. The molecule has 1 aliphatic carbocycles. The quantitative estimate of drug-likeness (QED) is 0.889. The highest BCUT2D eigenvalue weighted by molar-refractivity contribution is 9.10. The summed E-state index contributed by atoms with van der Waals surface area (Å²) in [4.78, 5) is 16.2. The number of hydrogen-bond donors (Lipinski definition) is 1. The summed E-state index contributed by atoms with van der Waals surface area (Å²) < 4.78 is 13.9. The Balaban J connectivity index is 2.40. The van der Waals surface area contributed by atoms with Crippen LogP contribution in [0, 0.1) is 5.82 Å². The second kappa shape index (κ2) is 4.81. The molecular formula is C15H13BrFNO2. The molecular weight excluding hydrogens is 325 g/mol. The van der Waals surface area contributed by atoms with Gasteiger partial charge in [-0.25, -0.2) is 9.18 Å². The average molecular weight is 338 g/mol. The standard InChI is InChI=1S/C15H13BrFNO2/c1-2-7-3-4-8-13(15(19)20)9-5-10(16)11(17)6-12(9)18-14(7)8/h5-7H,2-4H2,1H3,(H,19,20). The Morgan fingerprint density at radius 3 is 2.95 bits per heavy atom. The van der Waals surface area contributed by atoms with E-state index < -0.39 is 11.8 Å². The van der Waals surface area contributed by atoms with Gasteiger partial charge in [-0.2, -0.15) is 0 Å². The van der Waals surface area contributed by atoms with Crippen molar-refractivity contribution >= 4 is 32.8 Å². The first kappa shape index (κ1) is 13.5. The first-order valence-electron chi connectivity index (χ1n) is 6.57. The van der Waals surface area contributed by atoms with Gasteiger partial charge in [-0.15, -0.1) is 0 Å². The number of benzene rings is 1. The normalized spacial score (nSPS) is 17.4. The van der Waals surface area contributed by atoms with Gasteiger partial charge in [0.25, 0.3) is 0 Å².